The molecule has 278 valence electrons. The third kappa shape index (κ3) is 8.32. The van der Waals surface area contributed by atoms with Crippen LogP contribution in [-0.2, 0) is 39.9 Å². The summed E-state index contributed by atoms with van der Waals surface area (Å²) in [6.07, 6.45) is -13.0. The smallest absolute Gasteiger partial charge is 0.416 e. The Labute approximate surface area is 287 Å². The van der Waals surface area contributed by atoms with Crippen molar-refractivity contribution in [3.63, 3.8) is 0 Å². The molecule has 1 saturated carbocycles. The highest BCUT2D eigenvalue weighted by Gasteiger charge is 2.46. The maximum Gasteiger partial charge on any atom is 0.416 e. The average Bonchev–Trinajstić information content (AvgIpc) is 3.48. The molecule has 1 unspecified atom stereocenters. The van der Waals surface area contributed by atoms with Gasteiger partial charge in [0.2, 0.25) is 5.91 Å². The van der Waals surface area contributed by atoms with Gasteiger partial charge in [0.05, 0.1) is 36.3 Å². The molecule has 1 amide bonds. The molecule has 8 nitrogen and oxygen atoms in total. The Hall–Kier alpha value is -4.18. The van der Waals surface area contributed by atoms with Gasteiger partial charge in [-0.25, -0.2) is 0 Å². The molecule has 5 rings (SSSR count). The van der Waals surface area contributed by atoms with Gasteiger partial charge in [-0.15, -0.1) is 10.2 Å². The fraction of sp³-hybridized carbons (Fsp3) is 0.559. The predicted molar refractivity (Wildman–Crippen MR) is 164 cm³/mol. The van der Waals surface area contributed by atoms with Crippen LogP contribution in [0.2, 0.25) is 0 Å². The van der Waals surface area contributed by atoms with Gasteiger partial charge in [0.15, 0.2) is 5.82 Å². The minimum Gasteiger partial charge on any atom is -0.466 e. The number of aryl methyl sites for hydroxylation is 1. The van der Waals surface area contributed by atoms with E-state index in [1.54, 1.807) is 13.8 Å². The Balaban J connectivity index is 1.63. The number of aromatic nitrogens is 4. The standard InChI is InChI=1S/C34H36F9N5O3/c1-4-24-17-26(29(30-44-46-47(3)45-30)20-13-22(33(38,39)40)15-23(14-20)34(41,42)43)25-16-21(32(35,36)37)10-11-27(25)48(24)31(50)19-8-6-18(7-9-19)12-28(49)51-5-2/h10-11,13-16,18-19,24,26,29H,4-9,12,17H2,1-3H3/t18?,19?,24-,26-,29?/m1/s1. The number of ether oxygens (including phenoxy) is 1. The predicted octanol–water partition coefficient (Wildman–Crippen LogP) is 8.46. The molecular formula is C34H36F9N5O3. The van der Waals surface area contributed by atoms with E-state index in [1.165, 1.54) is 11.9 Å². The van der Waals surface area contributed by atoms with Crippen molar-refractivity contribution in [1.29, 1.82) is 0 Å². The molecule has 0 radical (unpaired) electrons. The first kappa shape index (κ1) is 38.1. The summed E-state index contributed by atoms with van der Waals surface area (Å²) in [6.45, 7) is 3.66. The van der Waals surface area contributed by atoms with Gasteiger partial charge >= 0.3 is 24.5 Å². The highest BCUT2D eigenvalue weighted by atomic mass is 19.4. The number of amides is 1. The first-order valence-electron chi connectivity index (χ1n) is 16.5. The molecule has 2 aliphatic rings. The minimum absolute atomic E-state index is 0.00303. The number of rotatable bonds is 8. The van der Waals surface area contributed by atoms with Crippen molar-refractivity contribution in [2.24, 2.45) is 18.9 Å². The van der Waals surface area contributed by atoms with Gasteiger partial charge < -0.3 is 9.64 Å². The van der Waals surface area contributed by atoms with Gasteiger partial charge in [-0.05, 0) is 104 Å². The van der Waals surface area contributed by atoms with Gasteiger partial charge in [0.1, 0.15) is 0 Å². The number of carbonyl (C=O) groups is 2. The minimum atomic E-state index is -5.20. The summed E-state index contributed by atoms with van der Waals surface area (Å²) in [4.78, 5) is 28.6. The molecule has 0 N–H and O–H groups in total. The zero-order chi connectivity index (χ0) is 37.5. The van der Waals surface area contributed by atoms with E-state index in [2.05, 4.69) is 15.4 Å². The van der Waals surface area contributed by atoms with Crippen LogP contribution in [0.25, 0.3) is 0 Å². The van der Waals surface area contributed by atoms with E-state index in [9.17, 15) is 49.1 Å². The second kappa shape index (κ2) is 14.4. The van der Waals surface area contributed by atoms with Gasteiger partial charge in [-0.1, -0.05) is 6.92 Å². The number of hydrogen-bond acceptors (Lipinski definition) is 6. The summed E-state index contributed by atoms with van der Waals surface area (Å²) in [6, 6.07) is 3.05. The highest BCUT2D eigenvalue weighted by molar-refractivity contribution is 5.97. The second-order valence-corrected chi connectivity index (χ2v) is 13.1. The maximum absolute atomic E-state index is 14.3. The van der Waals surface area contributed by atoms with Crippen LogP contribution in [0.15, 0.2) is 36.4 Å². The van der Waals surface area contributed by atoms with Gasteiger partial charge in [0.25, 0.3) is 0 Å². The van der Waals surface area contributed by atoms with E-state index < -0.39 is 64.6 Å². The van der Waals surface area contributed by atoms with Crippen molar-refractivity contribution in [3.8, 4) is 0 Å². The van der Waals surface area contributed by atoms with Crippen LogP contribution in [0.3, 0.4) is 0 Å². The monoisotopic (exact) mass is 733 g/mol. The molecule has 1 aliphatic carbocycles. The van der Waals surface area contributed by atoms with Crippen LogP contribution in [0, 0.1) is 11.8 Å². The summed E-state index contributed by atoms with van der Waals surface area (Å²) >= 11 is 0. The number of fused-ring (bicyclic) bond motifs is 1. The van der Waals surface area contributed by atoms with E-state index in [1.807, 2.05) is 0 Å². The number of benzene rings is 2. The number of alkyl halides is 9. The summed E-state index contributed by atoms with van der Waals surface area (Å²) in [7, 11) is 1.33. The third-order valence-corrected chi connectivity index (χ3v) is 9.74. The van der Waals surface area contributed by atoms with E-state index in [0.717, 1.165) is 23.0 Å². The van der Waals surface area contributed by atoms with Crippen LogP contribution in [0.5, 0.6) is 0 Å². The largest absolute Gasteiger partial charge is 0.466 e. The van der Waals surface area contributed by atoms with Gasteiger partial charge in [0, 0.05) is 30.0 Å². The Kier molecular flexibility index (Phi) is 10.8. The molecule has 1 aliphatic heterocycles. The third-order valence-electron chi connectivity index (χ3n) is 9.74. The summed E-state index contributed by atoms with van der Waals surface area (Å²) in [5.74, 6) is -4.25. The molecule has 17 heteroatoms. The molecule has 0 spiro atoms. The Morgan fingerprint density at radius 3 is 1.98 bits per heavy atom. The number of tetrazole rings is 1. The maximum atomic E-state index is 14.3. The first-order chi connectivity index (χ1) is 23.8. The fourth-order valence-corrected chi connectivity index (χ4v) is 7.34. The summed E-state index contributed by atoms with van der Waals surface area (Å²) in [5, 5.41) is 11.7. The van der Waals surface area contributed by atoms with Crippen LogP contribution < -0.4 is 4.90 Å². The van der Waals surface area contributed by atoms with Gasteiger partial charge in [-0.2, -0.15) is 44.3 Å². The number of anilines is 1. The van der Waals surface area contributed by atoms with Crippen molar-refractivity contribution < 1.29 is 53.8 Å². The molecule has 2 aromatic carbocycles. The Bertz CT molecular complexity index is 1700. The number of carbonyl (C=O) groups excluding carboxylic acids is 2. The van der Waals surface area contributed by atoms with Crippen LogP contribution in [0.1, 0.15) is 104 Å². The van der Waals surface area contributed by atoms with Crippen molar-refractivity contribution in [3.05, 3.63) is 70.0 Å². The second-order valence-electron chi connectivity index (χ2n) is 13.1. The van der Waals surface area contributed by atoms with Crippen molar-refractivity contribution in [1.82, 2.24) is 20.2 Å². The lowest BCUT2D eigenvalue weighted by molar-refractivity contribution is -0.145. The van der Waals surface area contributed by atoms with Crippen LogP contribution >= 0.6 is 0 Å². The zero-order valence-corrected chi connectivity index (χ0v) is 27.9. The average molecular weight is 734 g/mol. The Morgan fingerprint density at radius 1 is 0.863 bits per heavy atom. The molecule has 3 atom stereocenters. The van der Waals surface area contributed by atoms with Crippen molar-refractivity contribution in [2.75, 3.05) is 11.5 Å². The van der Waals surface area contributed by atoms with E-state index in [4.69, 9.17) is 4.74 Å². The molecule has 0 bridgehead atoms. The van der Waals surface area contributed by atoms with Crippen LogP contribution in [0.4, 0.5) is 45.2 Å². The first-order valence-corrected chi connectivity index (χ1v) is 16.5. The van der Waals surface area contributed by atoms with Crippen molar-refractivity contribution in [2.45, 2.75) is 95.2 Å². The fourth-order valence-electron chi connectivity index (χ4n) is 7.34. The molecule has 3 aromatic rings. The number of esters is 1. The highest BCUT2D eigenvalue weighted by Crippen LogP contribution is 2.51. The topological polar surface area (TPSA) is 90.2 Å². The lowest BCUT2D eigenvalue weighted by Gasteiger charge is -2.45. The molecule has 1 fully saturated rings. The van der Waals surface area contributed by atoms with Crippen LogP contribution in [-0.4, -0.2) is 44.7 Å². The lowest BCUT2D eigenvalue weighted by atomic mass is 9.72. The lowest BCUT2D eigenvalue weighted by Crippen LogP contribution is -2.48. The Morgan fingerprint density at radius 2 is 1.47 bits per heavy atom. The molecule has 2 heterocycles. The SMILES string of the molecule is CCOC(=O)CC1CCC(C(=O)N2c3ccc(C(F)(F)F)cc3[C@H](C(c3cc(C(F)(F)F)cc(C(F)(F)F)c3)c3nnn(C)n3)C[C@H]2CC)CC1. The molecule has 0 saturated heterocycles. The normalized spacial score (nSPS) is 22.0. The van der Waals surface area contributed by atoms with Crippen molar-refractivity contribution >= 4 is 17.6 Å². The number of halogens is 9. The number of nitrogens with zero attached hydrogens (tertiary/aromatic N) is 5. The molecular weight excluding hydrogens is 697 g/mol. The quantitative estimate of drug-likeness (QED) is 0.171. The zero-order valence-electron chi connectivity index (χ0n) is 27.9. The number of hydrogen-bond donors (Lipinski definition) is 0. The van der Waals surface area contributed by atoms with E-state index in [0.29, 0.717) is 37.8 Å². The summed E-state index contributed by atoms with van der Waals surface area (Å²) < 4.78 is 132. The summed E-state index contributed by atoms with van der Waals surface area (Å²) in [5.41, 5.74) is -4.87. The van der Waals surface area contributed by atoms with E-state index >= 15 is 0 Å². The molecule has 51 heavy (non-hydrogen) atoms. The van der Waals surface area contributed by atoms with Gasteiger partial charge in [-0.3, -0.25) is 9.59 Å². The van der Waals surface area contributed by atoms with E-state index in [-0.39, 0.29) is 66.8 Å². The molecule has 1 aromatic heterocycles.